The summed E-state index contributed by atoms with van der Waals surface area (Å²) in [6, 6.07) is 8.94. The molecule has 0 saturated heterocycles. The summed E-state index contributed by atoms with van der Waals surface area (Å²) in [5, 5.41) is 4.40. The quantitative estimate of drug-likeness (QED) is 0.569. The van der Waals surface area contributed by atoms with E-state index >= 15 is 0 Å². The second kappa shape index (κ2) is 6.15. The molecule has 0 fully saturated rings. The summed E-state index contributed by atoms with van der Waals surface area (Å²) in [5.74, 6) is 0.655. The fourth-order valence-electron chi connectivity index (χ4n) is 3.10. The van der Waals surface area contributed by atoms with Crippen molar-refractivity contribution in [3.63, 3.8) is 0 Å². The minimum absolute atomic E-state index is 0.0611. The predicted molar refractivity (Wildman–Crippen MR) is 95.3 cm³/mol. The molecule has 3 heterocycles. The topological polar surface area (TPSA) is 55.7 Å². The lowest BCUT2D eigenvalue weighted by atomic mass is 10.0. The first-order valence-corrected chi connectivity index (χ1v) is 8.09. The Morgan fingerprint density at radius 1 is 1.11 bits per heavy atom. The van der Waals surface area contributed by atoms with E-state index in [0.29, 0.717) is 28.0 Å². The third-order valence-electron chi connectivity index (χ3n) is 4.34. The number of hydrogen-bond acceptors (Lipinski definition) is 3. The summed E-state index contributed by atoms with van der Waals surface area (Å²) in [7, 11) is 3.22. The molecule has 0 radical (unpaired) electrons. The van der Waals surface area contributed by atoms with Crippen LogP contribution in [-0.4, -0.2) is 26.9 Å². The van der Waals surface area contributed by atoms with Crippen molar-refractivity contribution < 1.29 is 17.9 Å². The van der Waals surface area contributed by atoms with E-state index in [1.807, 2.05) is 12.1 Å². The molecule has 0 aliphatic carbocycles. The van der Waals surface area contributed by atoms with Gasteiger partial charge >= 0.3 is 6.18 Å². The first-order valence-electron chi connectivity index (χ1n) is 8.09. The number of nitrogens with one attached hydrogen (secondary N) is 1. The molecular formula is C19H15F3N4O. The highest BCUT2D eigenvalue weighted by Crippen LogP contribution is 2.41. The van der Waals surface area contributed by atoms with Crippen LogP contribution < -0.4 is 4.74 Å². The zero-order valence-corrected chi connectivity index (χ0v) is 14.5. The summed E-state index contributed by atoms with van der Waals surface area (Å²) in [4.78, 5) is 7.09. The van der Waals surface area contributed by atoms with Crippen LogP contribution in [0.25, 0.3) is 33.4 Å². The van der Waals surface area contributed by atoms with E-state index < -0.39 is 11.7 Å². The van der Waals surface area contributed by atoms with Crippen molar-refractivity contribution in [3.8, 4) is 28.1 Å². The molecule has 4 rings (SSSR count). The zero-order valence-electron chi connectivity index (χ0n) is 14.5. The van der Waals surface area contributed by atoms with Crippen LogP contribution in [0.1, 0.15) is 5.56 Å². The highest BCUT2D eigenvalue weighted by molar-refractivity contribution is 5.97. The molecule has 3 aromatic heterocycles. The number of pyridine rings is 1. The van der Waals surface area contributed by atoms with Crippen LogP contribution in [0.5, 0.6) is 5.75 Å². The average Bonchev–Trinajstić information content (AvgIpc) is 3.26. The number of aromatic nitrogens is 4. The summed E-state index contributed by atoms with van der Waals surface area (Å²) in [6.07, 6.45) is -0.694. The van der Waals surface area contributed by atoms with Crippen molar-refractivity contribution in [1.29, 1.82) is 0 Å². The van der Waals surface area contributed by atoms with Gasteiger partial charge in [0.1, 0.15) is 11.4 Å². The smallest absolute Gasteiger partial charge is 0.418 e. The SMILES string of the molecule is COc1cccc(-c2cc3c(-c4cnn(C)c4)c(C(F)(F)F)cnc3[nH]2)c1. The van der Waals surface area contributed by atoms with Gasteiger partial charge in [0.25, 0.3) is 0 Å². The molecule has 0 aliphatic heterocycles. The molecule has 0 atom stereocenters. The number of fused-ring (bicyclic) bond motifs is 1. The van der Waals surface area contributed by atoms with Gasteiger partial charge in [0.15, 0.2) is 0 Å². The number of ether oxygens (including phenoxy) is 1. The van der Waals surface area contributed by atoms with Crippen molar-refractivity contribution in [2.75, 3.05) is 7.11 Å². The molecule has 0 bridgehead atoms. The Balaban J connectivity index is 1.98. The van der Waals surface area contributed by atoms with Gasteiger partial charge in [-0.15, -0.1) is 0 Å². The molecule has 0 saturated carbocycles. The van der Waals surface area contributed by atoms with Gasteiger partial charge in [0.05, 0.1) is 18.9 Å². The highest BCUT2D eigenvalue weighted by Gasteiger charge is 2.35. The molecule has 0 aliphatic rings. The van der Waals surface area contributed by atoms with E-state index in [1.165, 1.54) is 10.9 Å². The van der Waals surface area contributed by atoms with Crippen LogP contribution in [0.15, 0.2) is 48.9 Å². The average molecular weight is 372 g/mol. The fourth-order valence-corrected chi connectivity index (χ4v) is 3.10. The summed E-state index contributed by atoms with van der Waals surface area (Å²) in [6.45, 7) is 0. The van der Waals surface area contributed by atoms with Gasteiger partial charge in [0.2, 0.25) is 0 Å². The van der Waals surface area contributed by atoms with E-state index in [2.05, 4.69) is 15.1 Å². The first kappa shape index (κ1) is 17.1. The Morgan fingerprint density at radius 2 is 1.93 bits per heavy atom. The van der Waals surface area contributed by atoms with Crippen LogP contribution in [0.3, 0.4) is 0 Å². The fraction of sp³-hybridized carbons (Fsp3) is 0.158. The van der Waals surface area contributed by atoms with Crippen molar-refractivity contribution in [3.05, 3.63) is 54.5 Å². The summed E-state index contributed by atoms with van der Waals surface area (Å²) in [5.41, 5.74) is 1.47. The van der Waals surface area contributed by atoms with E-state index in [9.17, 15) is 13.2 Å². The van der Waals surface area contributed by atoms with Gasteiger partial charge < -0.3 is 9.72 Å². The van der Waals surface area contributed by atoms with E-state index in [4.69, 9.17) is 4.74 Å². The number of aromatic amines is 1. The van der Waals surface area contributed by atoms with Crippen LogP contribution in [0, 0.1) is 0 Å². The van der Waals surface area contributed by atoms with Gasteiger partial charge in [-0.1, -0.05) is 12.1 Å². The Morgan fingerprint density at radius 3 is 2.59 bits per heavy atom. The van der Waals surface area contributed by atoms with Crippen molar-refractivity contribution in [2.24, 2.45) is 7.05 Å². The minimum atomic E-state index is -4.53. The number of halogens is 3. The third-order valence-corrected chi connectivity index (χ3v) is 4.34. The standard InChI is InChI=1S/C19H15F3N4O/c1-26-10-12(8-24-26)17-14-7-16(11-4-3-5-13(6-11)27-2)25-18(14)23-9-15(17)19(20,21)22/h3-10H,1-2H3,(H,23,25). The largest absolute Gasteiger partial charge is 0.497 e. The third kappa shape index (κ3) is 3.03. The van der Waals surface area contributed by atoms with Gasteiger partial charge in [-0.2, -0.15) is 18.3 Å². The van der Waals surface area contributed by atoms with Gasteiger partial charge in [-0.25, -0.2) is 4.98 Å². The van der Waals surface area contributed by atoms with E-state index in [1.54, 1.807) is 38.6 Å². The molecule has 0 unspecified atom stereocenters. The number of hydrogen-bond donors (Lipinski definition) is 1. The molecular weight excluding hydrogens is 357 g/mol. The highest BCUT2D eigenvalue weighted by atomic mass is 19.4. The van der Waals surface area contributed by atoms with Crippen LogP contribution in [0.2, 0.25) is 0 Å². The molecule has 0 amide bonds. The van der Waals surface area contributed by atoms with Crippen LogP contribution in [0.4, 0.5) is 13.2 Å². The Kier molecular flexibility index (Phi) is 3.91. The van der Waals surface area contributed by atoms with Gasteiger partial charge in [0, 0.05) is 47.2 Å². The molecule has 4 aromatic rings. The predicted octanol–water partition coefficient (Wildman–Crippen LogP) is 4.66. The molecule has 1 N–H and O–H groups in total. The zero-order chi connectivity index (χ0) is 19.2. The van der Waals surface area contributed by atoms with Gasteiger partial charge in [-0.3, -0.25) is 4.68 Å². The summed E-state index contributed by atoms with van der Waals surface area (Å²) < 4.78 is 47.5. The number of nitrogens with zero attached hydrogens (tertiary/aromatic N) is 3. The number of rotatable bonds is 3. The number of aryl methyl sites for hydroxylation is 1. The minimum Gasteiger partial charge on any atom is -0.497 e. The van der Waals surface area contributed by atoms with Gasteiger partial charge in [-0.05, 0) is 18.2 Å². The van der Waals surface area contributed by atoms with Crippen molar-refractivity contribution >= 4 is 11.0 Å². The number of alkyl halides is 3. The maximum Gasteiger partial charge on any atom is 0.418 e. The first-order chi connectivity index (χ1) is 12.9. The Labute approximate surface area is 152 Å². The number of methoxy groups -OCH3 is 1. The molecule has 5 nitrogen and oxygen atoms in total. The van der Waals surface area contributed by atoms with Crippen LogP contribution >= 0.6 is 0 Å². The normalized spacial score (nSPS) is 11.9. The molecule has 27 heavy (non-hydrogen) atoms. The van der Waals surface area contributed by atoms with Crippen molar-refractivity contribution in [2.45, 2.75) is 6.18 Å². The van der Waals surface area contributed by atoms with Crippen LogP contribution in [-0.2, 0) is 13.2 Å². The van der Waals surface area contributed by atoms with E-state index in [-0.39, 0.29) is 5.56 Å². The molecule has 0 spiro atoms. The number of H-pyrrole nitrogens is 1. The number of benzene rings is 1. The summed E-state index contributed by atoms with van der Waals surface area (Å²) >= 11 is 0. The maximum atomic E-state index is 13.6. The lowest BCUT2D eigenvalue weighted by Crippen LogP contribution is -2.08. The van der Waals surface area contributed by atoms with Crippen molar-refractivity contribution in [1.82, 2.24) is 19.7 Å². The maximum absolute atomic E-state index is 13.6. The molecule has 138 valence electrons. The molecule has 8 heteroatoms. The monoisotopic (exact) mass is 372 g/mol. The Hall–Kier alpha value is -3.29. The lowest BCUT2D eigenvalue weighted by Gasteiger charge is -2.12. The lowest BCUT2D eigenvalue weighted by molar-refractivity contribution is -0.137. The Bertz CT molecular complexity index is 1130. The second-order valence-electron chi connectivity index (χ2n) is 6.12. The second-order valence-corrected chi connectivity index (χ2v) is 6.12. The molecule has 1 aromatic carbocycles. The van der Waals surface area contributed by atoms with E-state index in [0.717, 1.165) is 11.8 Å².